The summed E-state index contributed by atoms with van der Waals surface area (Å²) in [7, 11) is 0. The van der Waals surface area contributed by atoms with Crippen molar-refractivity contribution in [3.05, 3.63) is 102 Å². The summed E-state index contributed by atoms with van der Waals surface area (Å²) in [5.41, 5.74) is 3.04. The number of nitrogens with one attached hydrogen (secondary N) is 1. The second-order valence-electron chi connectivity index (χ2n) is 7.25. The molecule has 34 heavy (non-hydrogen) atoms. The van der Waals surface area contributed by atoms with Crippen LogP contribution in [0.2, 0.25) is 0 Å². The van der Waals surface area contributed by atoms with Crippen molar-refractivity contribution < 1.29 is 18.7 Å². The molecule has 8 heteroatoms. The average molecular weight is 454 g/mol. The number of carbonyl (C=O) groups excluding carboxylic acids is 2. The van der Waals surface area contributed by atoms with Crippen LogP contribution in [-0.2, 0) is 4.74 Å². The average Bonchev–Trinajstić information content (AvgIpc) is 3.30. The maximum absolute atomic E-state index is 13.9. The molecule has 0 fully saturated rings. The van der Waals surface area contributed by atoms with E-state index in [4.69, 9.17) is 10.00 Å². The topological polar surface area (TPSA) is 97.0 Å². The van der Waals surface area contributed by atoms with Gasteiger partial charge in [-0.05, 0) is 67.6 Å². The van der Waals surface area contributed by atoms with Crippen molar-refractivity contribution in [1.82, 2.24) is 9.78 Å². The van der Waals surface area contributed by atoms with Gasteiger partial charge in [0.1, 0.15) is 5.82 Å². The minimum Gasteiger partial charge on any atom is -0.461 e. The van der Waals surface area contributed by atoms with E-state index < -0.39 is 11.8 Å². The van der Waals surface area contributed by atoms with Gasteiger partial charge in [-0.2, -0.15) is 10.4 Å². The maximum atomic E-state index is 13.9. The van der Waals surface area contributed by atoms with Crippen LogP contribution in [0, 0.1) is 17.1 Å². The second-order valence-corrected chi connectivity index (χ2v) is 7.25. The van der Waals surface area contributed by atoms with Crippen molar-refractivity contribution >= 4 is 17.6 Å². The number of ether oxygens (including phenoxy) is 1. The summed E-state index contributed by atoms with van der Waals surface area (Å²) in [5.74, 6) is -1.38. The normalized spacial score (nSPS) is 10.4. The van der Waals surface area contributed by atoms with E-state index in [-0.39, 0.29) is 18.2 Å². The molecule has 7 nitrogen and oxygen atoms in total. The molecule has 0 spiro atoms. The van der Waals surface area contributed by atoms with Crippen molar-refractivity contribution in [1.29, 1.82) is 5.26 Å². The lowest BCUT2D eigenvalue weighted by Crippen LogP contribution is -2.11. The van der Waals surface area contributed by atoms with E-state index in [0.717, 1.165) is 0 Å². The Hall–Kier alpha value is -4.77. The number of nitrogens with zero attached hydrogens (tertiary/aromatic N) is 3. The van der Waals surface area contributed by atoms with Crippen LogP contribution in [0.4, 0.5) is 10.1 Å². The summed E-state index contributed by atoms with van der Waals surface area (Å²) in [6, 6.07) is 22.7. The predicted molar refractivity (Wildman–Crippen MR) is 124 cm³/mol. The Morgan fingerprint density at radius 1 is 1.06 bits per heavy atom. The van der Waals surface area contributed by atoms with E-state index in [2.05, 4.69) is 10.4 Å². The van der Waals surface area contributed by atoms with Crippen molar-refractivity contribution in [3.8, 4) is 23.0 Å². The molecule has 4 aromatic rings. The van der Waals surface area contributed by atoms with Gasteiger partial charge in [0.05, 0.1) is 29.6 Å². The number of nitriles is 1. The molecular weight excluding hydrogens is 435 g/mol. The molecular formula is C26H19FN4O3. The molecule has 0 radical (unpaired) electrons. The first kappa shape index (κ1) is 22.4. The second kappa shape index (κ2) is 9.79. The minimum absolute atomic E-state index is 0.0770. The molecule has 0 saturated carbocycles. The molecule has 168 valence electrons. The van der Waals surface area contributed by atoms with Gasteiger partial charge in [0.25, 0.3) is 5.91 Å². The number of benzene rings is 3. The van der Waals surface area contributed by atoms with Crippen molar-refractivity contribution in [2.24, 2.45) is 0 Å². The Kier molecular flexibility index (Phi) is 6.46. The van der Waals surface area contributed by atoms with Gasteiger partial charge in [0.15, 0.2) is 5.69 Å². The van der Waals surface area contributed by atoms with Crippen LogP contribution in [0.15, 0.2) is 78.9 Å². The number of rotatable bonds is 6. The van der Waals surface area contributed by atoms with Crippen LogP contribution in [0.1, 0.15) is 33.3 Å². The molecule has 1 amide bonds. The van der Waals surface area contributed by atoms with E-state index >= 15 is 0 Å². The Bertz CT molecular complexity index is 1400. The van der Waals surface area contributed by atoms with Gasteiger partial charge in [-0.15, -0.1) is 0 Å². The quantitative estimate of drug-likeness (QED) is 0.415. The van der Waals surface area contributed by atoms with Crippen molar-refractivity contribution in [3.63, 3.8) is 0 Å². The Morgan fingerprint density at radius 3 is 2.53 bits per heavy atom. The summed E-state index contributed by atoms with van der Waals surface area (Å²) in [6.45, 7) is 1.89. The number of amides is 1. The molecule has 0 atom stereocenters. The van der Waals surface area contributed by atoms with E-state index in [1.165, 1.54) is 16.8 Å². The molecule has 0 aliphatic carbocycles. The van der Waals surface area contributed by atoms with E-state index in [1.54, 1.807) is 73.7 Å². The Morgan fingerprint density at radius 2 is 1.82 bits per heavy atom. The molecule has 0 aliphatic rings. The van der Waals surface area contributed by atoms with Crippen LogP contribution in [0.5, 0.6) is 0 Å². The molecule has 0 saturated heterocycles. The summed E-state index contributed by atoms with van der Waals surface area (Å²) >= 11 is 0. The lowest BCUT2D eigenvalue weighted by atomic mass is 10.1. The molecule has 4 rings (SSSR count). The van der Waals surface area contributed by atoms with E-state index in [1.807, 2.05) is 6.07 Å². The summed E-state index contributed by atoms with van der Waals surface area (Å²) in [5, 5.41) is 16.1. The van der Waals surface area contributed by atoms with Crippen molar-refractivity contribution in [2.45, 2.75) is 6.92 Å². The van der Waals surface area contributed by atoms with Gasteiger partial charge in [-0.3, -0.25) is 4.79 Å². The number of esters is 1. The number of hydrogen-bond acceptors (Lipinski definition) is 5. The molecule has 0 unspecified atom stereocenters. The summed E-state index contributed by atoms with van der Waals surface area (Å²) in [6.07, 6.45) is 0. The van der Waals surface area contributed by atoms with E-state index in [0.29, 0.717) is 33.8 Å². The number of aromatic nitrogens is 2. The van der Waals surface area contributed by atoms with Gasteiger partial charge in [0, 0.05) is 16.8 Å². The number of anilines is 1. The Balaban J connectivity index is 1.69. The molecule has 3 aromatic carbocycles. The lowest BCUT2D eigenvalue weighted by molar-refractivity contribution is 0.0519. The summed E-state index contributed by atoms with van der Waals surface area (Å²) in [4.78, 5) is 24.9. The van der Waals surface area contributed by atoms with Gasteiger partial charge in [0.2, 0.25) is 0 Å². The van der Waals surface area contributed by atoms with Gasteiger partial charge in [-0.25, -0.2) is 13.9 Å². The van der Waals surface area contributed by atoms with Crippen LogP contribution in [-0.4, -0.2) is 28.3 Å². The smallest absolute Gasteiger partial charge is 0.358 e. The van der Waals surface area contributed by atoms with Gasteiger partial charge in [-0.1, -0.05) is 18.2 Å². The molecule has 1 aromatic heterocycles. The largest absolute Gasteiger partial charge is 0.461 e. The van der Waals surface area contributed by atoms with Crippen LogP contribution < -0.4 is 5.32 Å². The third kappa shape index (κ3) is 4.84. The van der Waals surface area contributed by atoms with Gasteiger partial charge < -0.3 is 10.1 Å². The van der Waals surface area contributed by atoms with Crippen molar-refractivity contribution in [2.75, 3.05) is 11.9 Å². The highest BCUT2D eigenvalue weighted by molar-refractivity contribution is 6.04. The maximum Gasteiger partial charge on any atom is 0.358 e. The molecule has 1 heterocycles. The number of carbonyl (C=O) groups is 2. The zero-order valence-electron chi connectivity index (χ0n) is 18.2. The first-order valence-corrected chi connectivity index (χ1v) is 10.4. The van der Waals surface area contributed by atoms with Crippen LogP contribution in [0.3, 0.4) is 0 Å². The fourth-order valence-corrected chi connectivity index (χ4v) is 3.35. The number of hydrogen-bond donors (Lipinski definition) is 1. The highest BCUT2D eigenvalue weighted by Gasteiger charge is 2.18. The monoisotopic (exact) mass is 454 g/mol. The fraction of sp³-hybridized carbons (Fsp3) is 0.0769. The highest BCUT2D eigenvalue weighted by atomic mass is 19.1. The lowest BCUT2D eigenvalue weighted by Gasteiger charge is -2.10. The minimum atomic E-state index is -0.593. The standard InChI is InChI=1S/C26H19FN4O3/c1-2-34-26(33)23-15-24(31(30-23)22-8-4-6-20(27)14-22)19-5-3-7-21(13-19)29-25(32)18-11-9-17(16-28)10-12-18/h3-15H,2H2,1H3,(H,29,32). The van der Waals surface area contributed by atoms with Crippen LogP contribution in [0.25, 0.3) is 16.9 Å². The third-order valence-corrected chi connectivity index (χ3v) is 4.94. The zero-order valence-corrected chi connectivity index (χ0v) is 18.2. The van der Waals surface area contributed by atoms with Gasteiger partial charge >= 0.3 is 5.97 Å². The van der Waals surface area contributed by atoms with E-state index in [9.17, 15) is 14.0 Å². The molecule has 0 bridgehead atoms. The zero-order chi connectivity index (χ0) is 24.1. The Labute approximate surface area is 195 Å². The highest BCUT2D eigenvalue weighted by Crippen LogP contribution is 2.27. The number of halogens is 1. The fourth-order valence-electron chi connectivity index (χ4n) is 3.35. The third-order valence-electron chi connectivity index (χ3n) is 4.94. The first-order valence-electron chi connectivity index (χ1n) is 10.4. The molecule has 1 N–H and O–H groups in total. The molecule has 0 aliphatic heterocycles. The summed E-state index contributed by atoms with van der Waals surface area (Å²) < 4.78 is 20.4. The predicted octanol–water partition coefficient (Wildman–Crippen LogP) is 4.98. The van der Waals surface area contributed by atoms with Crippen LogP contribution >= 0.6 is 0 Å². The SMILES string of the molecule is CCOC(=O)c1cc(-c2cccc(NC(=O)c3ccc(C#N)cc3)c2)n(-c2cccc(F)c2)n1. The first-order chi connectivity index (χ1) is 16.5.